The molecular formula is C12H7BrF2INO2S. The number of halogens is 4. The van der Waals surface area contributed by atoms with Crippen LogP contribution in [0, 0.1) is 15.2 Å². The first-order valence-electron chi connectivity index (χ1n) is 5.22. The van der Waals surface area contributed by atoms with Crippen molar-refractivity contribution in [3.05, 3.63) is 56.1 Å². The Kier molecular flexibility index (Phi) is 4.65. The minimum atomic E-state index is -4.07. The molecule has 3 nitrogen and oxygen atoms in total. The summed E-state index contributed by atoms with van der Waals surface area (Å²) in [6, 6.07) is 7.22. The zero-order valence-electron chi connectivity index (χ0n) is 9.70. The Hall–Kier alpha value is -0.740. The minimum absolute atomic E-state index is 0.189. The maximum Gasteiger partial charge on any atom is 0.264 e. The topological polar surface area (TPSA) is 46.2 Å². The maximum absolute atomic E-state index is 13.7. The molecule has 2 aromatic rings. The third-order valence-electron chi connectivity index (χ3n) is 2.36. The molecule has 0 atom stereocenters. The zero-order chi connectivity index (χ0) is 14.9. The van der Waals surface area contributed by atoms with Crippen molar-refractivity contribution in [3.8, 4) is 0 Å². The lowest BCUT2D eigenvalue weighted by Gasteiger charge is -2.10. The minimum Gasteiger partial charge on any atom is -0.278 e. The van der Waals surface area contributed by atoms with E-state index in [0.717, 1.165) is 18.2 Å². The quantitative estimate of drug-likeness (QED) is 0.681. The second-order valence-corrected chi connectivity index (χ2v) is 7.53. The van der Waals surface area contributed by atoms with Gasteiger partial charge in [0.05, 0.1) is 5.69 Å². The normalized spacial score (nSPS) is 11.4. The molecule has 2 rings (SSSR count). The van der Waals surface area contributed by atoms with Gasteiger partial charge < -0.3 is 0 Å². The fraction of sp³-hybridized carbons (Fsp3) is 0. The summed E-state index contributed by atoms with van der Waals surface area (Å²) in [6.45, 7) is 0. The molecule has 0 aromatic heterocycles. The molecule has 0 saturated carbocycles. The van der Waals surface area contributed by atoms with Crippen molar-refractivity contribution in [2.45, 2.75) is 4.90 Å². The van der Waals surface area contributed by atoms with E-state index in [1.54, 1.807) is 22.6 Å². The molecule has 106 valence electrons. The van der Waals surface area contributed by atoms with Crippen molar-refractivity contribution < 1.29 is 17.2 Å². The molecule has 0 fully saturated rings. The Labute approximate surface area is 136 Å². The maximum atomic E-state index is 13.7. The molecule has 0 aliphatic rings. The molecule has 0 aliphatic heterocycles. The Morgan fingerprint density at radius 3 is 2.40 bits per heavy atom. The third kappa shape index (κ3) is 3.47. The molecule has 0 unspecified atom stereocenters. The largest absolute Gasteiger partial charge is 0.278 e. The molecular weight excluding hydrogens is 467 g/mol. The first-order chi connectivity index (χ1) is 9.29. The van der Waals surface area contributed by atoms with Crippen LogP contribution >= 0.6 is 38.5 Å². The number of sulfonamides is 1. The first-order valence-corrected chi connectivity index (χ1v) is 8.58. The average Bonchev–Trinajstić information content (AvgIpc) is 2.32. The number of nitrogens with one attached hydrogen (secondary N) is 1. The average molecular weight is 474 g/mol. The van der Waals surface area contributed by atoms with Crippen LogP contribution in [0.15, 0.2) is 45.8 Å². The van der Waals surface area contributed by atoms with Crippen LogP contribution in [-0.4, -0.2) is 8.42 Å². The van der Waals surface area contributed by atoms with Crippen molar-refractivity contribution in [1.29, 1.82) is 0 Å². The molecule has 0 spiro atoms. The molecule has 8 heteroatoms. The molecule has 2 aromatic carbocycles. The van der Waals surface area contributed by atoms with Gasteiger partial charge in [0.1, 0.15) is 16.5 Å². The van der Waals surface area contributed by atoms with Gasteiger partial charge in [0.25, 0.3) is 10.0 Å². The van der Waals surface area contributed by atoms with Gasteiger partial charge in [-0.15, -0.1) is 0 Å². The first kappa shape index (κ1) is 15.6. The van der Waals surface area contributed by atoms with Gasteiger partial charge in [-0.25, -0.2) is 17.2 Å². The fourth-order valence-electron chi connectivity index (χ4n) is 1.47. The van der Waals surface area contributed by atoms with Gasteiger partial charge in [0.15, 0.2) is 0 Å². The van der Waals surface area contributed by atoms with Crippen molar-refractivity contribution in [2.75, 3.05) is 4.72 Å². The van der Waals surface area contributed by atoms with Crippen LogP contribution < -0.4 is 4.72 Å². The molecule has 0 amide bonds. The summed E-state index contributed by atoms with van der Waals surface area (Å²) in [6.07, 6.45) is 0. The Morgan fingerprint density at radius 2 is 1.80 bits per heavy atom. The smallest absolute Gasteiger partial charge is 0.264 e. The molecule has 0 bridgehead atoms. The highest BCUT2D eigenvalue weighted by molar-refractivity contribution is 14.1. The van der Waals surface area contributed by atoms with E-state index < -0.39 is 26.6 Å². The lowest BCUT2D eigenvalue weighted by molar-refractivity contribution is 0.569. The van der Waals surface area contributed by atoms with Crippen LogP contribution in [0.2, 0.25) is 0 Å². The summed E-state index contributed by atoms with van der Waals surface area (Å²) in [7, 11) is -4.07. The van der Waals surface area contributed by atoms with Gasteiger partial charge in [0, 0.05) is 8.04 Å². The summed E-state index contributed by atoms with van der Waals surface area (Å²) in [5, 5.41) is 0. The number of rotatable bonds is 3. The highest BCUT2D eigenvalue weighted by Crippen LogP contribution is 2.25. The van der Waals surface area contributed by atoms with Crippen LogP contribution in [0.5, 0.6) is 0 Å². The van der Waals surface area contributed by atoms with Crippen molar-refractivity contribution in [1.82, 2.24) is 0 Å². The predicted octanol–water partition coefficient (Wildman–Crippen LogP) is 4.13. The van der Waals surface area contributed by atoms with Gasteiger partial charge in [0.2, 0.25) is 0 Å². The van der Waals surface area contributed by atoms with E-state index in [0.29, 0.717) is 8.04 Å². The fourth-order valence-corrected chi connectivity index (χ4v) is 3.73. The summed E-state index contributed by atoms with van der Waals surface area (Å²) in [4.78, 5) is -0.471. The molecule has 0 aliphatic carbocycles. The number of hydrogen-bond acceptors (Lipinski definition) is 2. The standard InChI is InChI=1S/C12H7BrF2INO2S/c13-7-1-4-12(9(15)5-7)20(18,19)17-11-3-2-8(14)6-10(11)16/h1-6,17H. The summed E-state index contributed by atoms with van der Waals surface area (Å²) in [5.74, 6) is -1.35. The monoisotopic (exact) mass is 473 g/mol. The van der Waals surface area contributed by atoms with Crippen LogP contribution in [0.1, 0.15) is 0 Å². The highest BCUT2D eigenvalue weighted by Gasteiger charge is 2.20. The van der Waals surface area contributed by atoms with Gasteiger partial charge >= 0.3 is 0 Å². The Balaban J connectivity index is 2.41. The highest BCUT2D eigenvalue weighted by atomic mass is 127. The van der Waals surface area contributed by atoms with E-state index in [-0.39, 0.29) is 5.69 Å². The summed E-state index contributed by atoms with van der Waals surface area (Å²) < 4.78 is 53.9. The van der Waals surface area contributed by atoms with Crippen LogP contribution in [-0.2, 0) is 10.0 Å². The molecule has 20 heavy (non-hydrogen) atoms. The van der Waals surface area contributed by atoms with Crippen molar-refractivity contribution in [2.24, 2.45) is 0 Å². The second kappa shape index (κ2) is 5.94. The Morgan fingerprint density at radius 1 is 1.10 bits per heavy atom. The molecule has 0 radical (unpaired) electrons. The van der Waals surface area contributed by atoms with Gasteiger partial charge in [-0.1, -0.05) is 15.9 Å². The van der Waals surface area contributed by atoms with E-state index >= 15 is 0 Å². The van der Waals surface area contributed by atoms with E-state index in [9.17, 15) is 17.2 Å². The summed E-state index contributed by atoms with van der Waals surface area (Å²) in [5.41, 5.74) is 0.189. The molecule has 0 heterocycles. The van der Waals surface area contributed by atoms with Crippen LogP contribution in [0.3, 0.4) is 0 Å². The van der Waals surface area contributed by atoms with Crippen molar-refractivity contribution in [3.63, 3.8) is 0 Å². The second-order valence-electron chi connectivity index (χ2n) is 3.80. The zero-order valence-corrected chi connectivity index (χ0v) is 14.3. The van der Waals surface area contributed by atoms with E-state index in [2.05, 4.69) is 20.7 Å². The SMILES string of the molecule is O=S(=O)(Nc1ccc(F)cc1I)c1ccc(Br)cc1F. The lowest BCUT2D eigenvalue weighted by Crippen LogP contribution is -2.15. The molecule has 1 N–H and O–H groups in total. The van der Waals surface area contributed by atoms with Crippen LogP contribution in [0.4, 0.5) is 14.5 Å². The molecule has 0 saturated heterocycles. The number of anilines is 1. The van der Waals surface area contributed by atoms with E-state index in [4.69, 9.17) is 0 Å². The Bertz CT molecular complexity index is 768. The lowest BCUT2D eigenvalue weighted by atomic mass is 10.3. The van der Waals surface area contributed by atoms with Gasteiger partial charge in [-0.2, -0.15) is 0 Å². The third-order valence-corrected chi connectivity index (χ3v) is 5.14. The van der Waals surface area contributed by atoms with Crippen molar-refractivity contribution >= 4 is 54.2 Å². The van der Waals surface area contributed by atoms with Gasteiger partial charge in [-0.3, -0.25) is 4.72 Å². The van der Waals surface area contributed by atoms with E-state index in [1.807, 2.05) is 0 Å². The summed E-state index contributed by atoms with van der Waals surface area (Å²) >= 11 is 4.84. The predicted molar refractivity (Wildman–Crippen MR) is 84.0 cm³/mol. The number of benzene rings is 2. The van der Waals surface area contributed by atoms with Crippen LogP contribution in [0.25, 0.3) is 0 Å². The van der Waals surface area contributed by atoms with Gasteiger partial charge in [-0.05, 0) is 59.0 Å². The number of hydrogen-bond donors (Lipinski definition) is 1. The van der Waals surface area contributed by atoms with E-state index in [1.165, 1.54) is 18.2 Å².